The molecule has 1 N–H and O–H groups in total. The monoisotopic (exact) mass is 311 g/mol. The predicted molar refractivity (Wildman–Crippen MR) is 83.2 cm³/mol. The summed E-state index contributed by atoms with van der Waals surface area (Å²) in [6, 6.07) is 7.31. The fraction of sp³-hybridized carbons (Fsp3) is 0.500. The summed E-state index contributed by atoms with van der Waals surface area (Å²) in [4.78, 5) is 25.3. The van der Waals surface area contributed by atoms with E-state index < -0.39 is 11.4 Å². The number of halogens is 1. The second-order valence-electron chi connectivity index (χ2n) is 6.11. The minimum absolute atomic E-state index is 0.0129. The Hall–Kier alpha value is -1.55. The molecule has 0 spiro atoms. The first-order valence-electron chi connectivity index (χ1n) is 6.91. The molecule has 0 saturated heterocycles. The Morgan fingerprint density at radius 1 is 1.33 bits per heavy atom. The molecule has 0 aliphatic carbocycles. The van der Waals surface area contributed by atoms with Gasteiger partial charge in [-0.25, -0.2) is 0 Å². The number of hydrogen-bond donors (Lipinski definition) is 1. The van der Waals surface area contributed by atoms with E-state index >= 15 is 0 Å². The number of carbonyl (C=O) groups is 2. The van der Waals surface area contributed by atoms with Gasteiger partial charge in [0.1, 0.15) is 0 Å². The van der Waals surface area contributed by atoms with Crippen LogP contribution in [0.1, 0.15) is 39.7 Å². The van der Waals surface area contributed by atoms with Crippen molar-refractivity contribution in [2.45, 2.75) is 46.7 Å². The molecule has 0 aliphatic heterocycles. The quantitative estimate of drug-likeness (QED) is 0.873. The average Bonchev–Trinajstić information content (AvgIpc) is 2.34. The number of carboxylic acid groups (broad SMARTS) is 1. The maximum atomic E-state index is 12.4. The van der Waals surface area contributed by atoms with Crippen molar-refractivity contribution in [1.82, 2.24) is 4.90 Å². The number of nitrogens with zero attached hydrogens (tertiary/aromatic N) is 1. The van der Waals surface area contributed by atoms with E-state index in [-0.39, 0.29) is 18.4 Å². The molecule has 1 rings (SSSR count). The smallest absolute Gasteiger partial charge is 0.309 e. The molecule has 0 bridgehead atoms. The SMILES string of the molecule is CC(C)N(Cc1cccc(Cl)c1)C(=O)CC(C)(C)C(=O)O. The van der Waals surface area contributed by atoms with E-state index in [9.17, 15) is 9.59 Å². The standard InChI is InChI=1S/C16H22ClNO3/c1-11(2)18(10-12-6-5-7-13(17)8-12)14(19)9-16(3,4)15(20)21/h5-8,11H,9-10H2,1-4H3,(H,20,21). The van der Waals surface area contributed by atoms with Crippen LogP contribution in [0.2, 0.25) is 5.02 Å². The number of aliphatic carboxylic acids is 1. The number of hydrogen-bond acceptors (Lipinski definition) is 2. The van der Waals surface area contributed by atoms with Gasteiger partial charge in [-0.05, 0) is 45.4 Å². The van der Waals surface area contributed by atoms with Crippen LogP contribution in [0.25, 0.3) is 0 Å². The lowest BCUT2D eigenvalue weighted by molar-refractivity contribution is -0.152. The van der Waals surface area contributed by atoms with Crippen LogP contribution in [0.4, 0.5) is 0 Å². The highest BCUT2D eigenvalue weighted by Crippen LogP contribution is 2.23. The summed E-state index contributed by atoms with van der Waals surface area (Å²) in [6.45, 7) is 7.37. The highest BCUT2D eigenvalue weighted by Gasteiger charge is 2.32. The van der Waals surface area contributed by atoms with Crippen LogP contribution in [0.3, 0.4) is 0 Å². The molecule has 1 amide bonds. The van der Waals surface area contributed by atoms with Crippen molar-refractivity contribution in [3.63, 3.8) is 0 Å². The first-order valence-corrected chi connectivity index (χ1v) is 7.28. The van der Waals surface area contributed by atoms with Crippen LogP contribution in [0.15, 0.2) is 24.3 Å². The van der Waals surface area contributed by atoms with Gasteiger partial charge in [-0.1, -0.05) is 23.7 Å². The van der Waals surface area contributed by atoms with E-state index in [1.54, 1.807) is 24.8 Å². The molecule has 1 aromatic rings. The zero-order valence-electron chi connectivity index (χ0n) is 12.9. The normalized spacial score (nSPS) is 11.5. The number of carboxylic acids is 1. The summed E-state index contributed by atoms with van der Waals surface area (Å²) < 4.78 is 0. The van der Waals surface area contributed by atoms with Crippen molar-refractivity contribution in [3.05, 3.63) is 34.9 Å². The van der Waals surface area contributed by atoms with Crippen molar-refractivity contribution < 1.29 is 14.7 Å². The molecule has 116 valence electrons. The fourth-order valence-corrected chi connectivity index (χ4v) is 2.16. The van der Waals surface area contributed by atoms with E-state index in [2.05, 4.69) is 0 Å². The Morgan fingerprint density at radius 3 is 2.43 bits per heavy atom. The van der Waals surface area contributed by atoms with Crippen molar-refractivity contribution in [3.8, 4) is 0 Å². The lowest BCUT2D eigenvalue weighted by Crippen LogP contribution is -2.40. The molecule has 0 fully saturated rings. The van der Waals surface area contributed by atoms with Gasteiger partial charge in [0, 0.05) is 24.0 Å². The third-order valence-electron chi connectivity index (χ3n) is 3.36. The second kappa shape index (κ2) is 6.94. The average molecular weight is 312 g/mol. The highest BCUT2D eigenvalue weighted by molar-refractivity contribution is 6.30. The zero-order valence-corrected chi connectivity index (χ0v) is 13.6. The predicted octanol–water partition coefficient (Wildman–Crippen LogP) is 3.58. The van der Waals surface area contributed by atoms with Crippen LogP contribution in [0.5, 0.6) is 0 Å². The Kier molecular flexibility index (Phi) is 5.78. The van der Waals surface area contributed by atoms with Crippen molar-refractivity contribution in [1.29, 1.82) is 0 Å². The molecule has 0 heterocycles. The third-order valence-corrected chi connectivity index (χ3v) is 3.59. The number of rotatable bonds is 6. The molecule has 1 aromatic carbocycles. The van der Waals surface area contributed by atoms with E-state index in [1.165, 1.54) is 0 Å². The highest BCUT2D eigenvalue weighted by atomic mass is 35.5. The van der Waals surface area contributed by atoms with Gasteiger partial charge in [-0.3, -0.25) is 9.59 Å². The van der Waals surface area contributed by atoms with Gasteiger partial charge in [0.05, 0.1) is 5.41 Å². The van der Waals surface area contributed by atoms with Crippen molar-refractivity contribution in [2.75, 3.05) is 0 Å². The molecule has 21 heavy (non-hydrogen) atoms. The van der Waals surface area contributed by atoms with Gasteiger partial charge in [0.25, 0.3) is 0 Å². The Labute approximate surface area is 130 Å². The molecule has 0 atom stereocenters. The van der Waals surface area contributed by atoms with Gasteiger partial charge >= 0.3 is 5.97 Å². The van der Waals surface area contributed by atoms with Crippen LogP contribution in [-0.2, 0) is 16.1 Å². The Morgan fingerprint density at radius 2 is 1.95 bits per heavy atom. The first kappa shape index (κ1) is 17.5. The molecule has 5 heteroatoms. The second-order valence-corrected chi connectivity index (χ2v) is 6.55. The summed E-state index contributed by atoms with van der Waals surface area (Å²) >= 11 is 5.95. The molecule has 0 saturated carbocycles. The van der Waals surface area contributed by atoms with Crippen LogP contribution in [0, 0.1) is 5.41 Å². The summed E-state index contributed by atoms with van der Waals surface area (Å²) in [6.07, 6.45) is -0.0267. The number of amides is 1. The lowest BCUT2D eigenvalue weighted by atomic mass is 9.88. The summed E-state index contributed by atoms with van der Waals surface area (Å²) in [5, 5.41) is 9.77. The van der Waals surface area contributed by atoms with E-state index in [1.807, 2.05) is 32.0 Å². The summed E-state index contributed by atoms with van der Waals surface area (Å²) in [5.41, 5.74) is -0.142. The van der Waals surface area contributed by atoms with Crippen molar-refractivity contribution in [2.24, 2.45) is 5.41 Å². The lowest BCUT2D eigenvalue weighted by Gasteiger charge is -2.30. The minimum Gasteiger partial charge on any atom is -0.481 e. The largest absolute Gasteiger partial charge is 0.481 e. The van der Waals surface area contributed by atoms with E-state index in [0.717, 1.165) is 5.56 Å². The van der Waals surface area contributed by atoms with Crippen LogP contribution < -0.4 is 0 Å². The maximum Gasteiger partial charge on any atom is 0.309 e. The maximum absolute atomic E-state index is 12.4. The van der Waals surface area contributed by atoms with Crippen LogP contribution in [-0.4, -0.2) is 27.9 Å². The minimum atomic E-state index is -1.07. The molecule has 0 radical (unpaired) electrons. The van der Waals surface area contributed by atoms with E-state index in [4.69, 9.17) is 16.7 Å². The Bertz CT molecular complexity index is 526. The van der Waals surface area contributed by atoms with Crippen molar-refractivity contribution >= 4 is 23.5 Å². The number of carbonyl (C=O) groups excluding carboxylic acids is 1. The Balaban J connectivity index is 2.87. The third kappa shape index (κ3) is 5.05. The molecule has 4 nitrogen and oxygen atoms in total. The van der Waals surface area contributed by atoms with Crippen LogP contribution >= 0.6 is 11.6 Å². The summed E-state index contributed by atoms with van der Waals surface area (Å²) in [7, 11) is 0. The molecular weight excluding hydrogens is 290 g/mol. The summed E-state index contributed by atoms with van der Waals surface area (Å²) in [5.74, 6) is -1.14. The van der Waals surface area contributed by atoms with Gasteiger partial charge in [-0.2, -0.15) is 0 Å². The van der Waals surface area contributed by atoms with Gasteiger partial charge in [-0.15, -0.1) is 0 Å². The molecule has 0 unspecified atom stereocenters. The molecule has 0 aliphatic rings. The topological polar surface area (TPSA) is 57.6 Å². The molecule has 0 aromatic heterocycles. The van der Waals surface area contributed by atoms with Gasteiger partial charge in [0.2, 0.25) is 5.91 Å². The van der Waals surface area contributed by atoms with Gasteiger partial charge in [0.15, 0.2) is 0 Å². The van der Waals surface area contributed by atoms with Gasteiger partial charge < -0.3 is 10.0 Å². The zero-order chi connectivity index (χ0) is 16.2. The molecular formula is C16H22ClNO3. The van der Waals surface area contributed by atoms with E-state index in [0.29, 0.717) is 11.6 Å². The first-order chi connectivity index (χ1) is 9.63. The fourth-order valence-electron chi connectivity index (χ4n) is 1.95. The number of benzene rings is 1.